The first-order valence-electron chi connectivity index (χ1n) is 10.3. The van der Waals surface area contributed by atoms with Gasteiger partial charge in [0.15, 0.2) is 17.3 Å². The first kappa shape index (κ1) is 23.4. The van der Waals surface area contributed by atoms with E-state index in [-0.39, 0.29) is 28.7 Å². The van der Waals surface area contributed by atoms with E-state index in [0.29, 0.717) is 45.4 Å². The zero-order valence-corrected chi connectivity index (χ0v) is 19.8. The lowest BCUT2D eigenvalue weighted by Gasteiger charge is -2.13. The molecule has 1 aliphatic heterocycles. The number of hydrogen-bond acceptors (Lipinski definition) is 6. The molecule has 0 spiro atoms. The van der Waals surface area contributed by atoms with Gasteiger partial charge in [0.05, 0.1) is 31.9 Å². The predicted molar refractivity (Wildman–Crippen MR) is 126 cm³/mol. The molecule has 0 radical (unpaired) electrons. The maximum Gasteiger partial charge on any atom is 0.232 e. The Kier molecular flexibility index (Phi) is 6.65. The predicted octanol–water partition coefficient (Wildman–Crippen LogP) is 6.01. The summed E-state index contributed by atoms with van der Waals surface area (Å²) < 4.78 is 41.8. The van der Waals surface area contributed by atoms with Gasteiger partial charge in [-0.1, -0.05) is 17.7 Å². The molecule has 176 valence electrons. The molecule has 0 aromatic heterocycles. The third kappa shape index (κ3) is 4.39. The van der Waals surface area contributed by atoms with Gasteiger partial charge in [0, 0.05) is 11.6 Å². The smallest absolute Gasteiger partial charge is 0.232 e. The van der Waals surface area contributed by atoms with Crippen molar-refractivity contribution in [2.45, 2.75) is 13.5 Å². The molecule has 0 bridgehead atoms. The Morgan fingerprint density at radius 2 is 1.74 bits per heavy atom. The molecule has 0 aliphatic carbocycles. The molecule has 0 atom stereocenters. The maximum absolute atomic E-state index is 14.1. The molecule has 3 aromatic rings. The summed E-state index contributed by atoms with van der Waals surface area (Å²) in [7, 11) is 4.54. The van der Waals surface area contributed by atoms with Crippen molar-refractivity contribution in [2.24, 2.45) is 0 Å². The van der Waals surface area contributed by atoms with Gasteiger partial charge in [0.1, 0.15) is 23.9 Å². The Bertz CT molecular complexity index is 1260. The summed E-state index contributed by atoms with van der Waals surface area (Å²) in [5, 5.41) is 0.278. The number of hydrogen-bond donors (Lipinski definition) is 0. The minimum Gasteiger partial charge on any atom is -0.493 e. The second-order valence-electron chi connectivity index (χ2n) is 7.50. The highest BCUT2D eigenvalue weighted by Gasteiger charge is 2.30. The normalized spacial score (nSPS) is 13.5. The van der Waals surface area contributed by atoms with E-state index in [1.807, 2.05) is 0 Å². The minimum atomic E-state index is -0.452. The first-order chi connectivity index (χ1) is 16.4. The number of benzene rings is 3. The van der Waals surface area contributed by atoms with Crippen LogP contribution in [-0.4, -0.2) is 27.1 Å². The molecular weight excluding hydrogens is 463 g/mol. The Balaban J connectivity index is 1.62. The van der Waals surface area contributed by atoms with E-state index in [9.17, 15) is 9.18 Å². The highest BCUT2D eigenvalue weighted by atomic mass is 35.5. The van der Waals surface area contributed by atoms with Crippen LogP contribution in [0.2, 0.25) is 5.02 Å². The number of Topliss-reactive ketones (excluding diaryl/α,β-unsaturated/α-hetero) is 1. The van der Waals surface area contributed by atoms with Crippen LogP contribution in [0.1, 0.15) is 27.0 Å². The van der Waals surface area contributed by atoms with Crippen molar-refractivity contribution in [3.8, 4) is 28.7 Å². The van der Waals surface area contributed by atoms with E-state index >= 15 is 0 Å². The number of allylic oxidation sites excluding steroid dienone is 1. The van der Waals surface area contributed by atoms with Crippen LogP contribution >= 0.6 is 11.6 Å². The van der Waals surface area contributed by atoms with Gasteiger partial charge in [-0.2, -0.15) is 0 Å². The minimum absolute atomic E-state index is 0.0637. The number of fused-ring (bicyclic) bond motifs is 1. The summed E-state index contributed by atoms with van der Waals surface area (Å²) >= 11 is 6.08. The highest BCUT2D eigenvalue weighted by Crippen LogP contribution is 2.41. The van der Waals surface area contributed by atoms with E-state index in [1.165, 1.54) is 33.5 Å². The number of carbonyl (C=O) groups excluding carboxylic acids is 1. The number of aryl methyl sites for hydroxylation is 1. The van der Waals surface area contributed by atoms with Crippen LogP contribution in [-0.2, 0) is 6.61 Å². The number of halogens is 2. The summed E-state index contributed by atoms with van der Waals surface area (Å²) in [6.45, 7) is 1.72. The molecule has 3 aromatic carbocycles. The van der Waals surface area contributed by atoms with Gasteiger partial charge >= 0.3 is 0 Å². The molecule has 0 saturated heterocycles. The quantitative estimate of drug-likeness (QED) is 0.383. The van der Waals surface area contributed by atoms with Crippen LogP contribution in [0.4, 0.5) is 4.39 Å². The summed E-state index contributed by atoms with van der Waals surface area (Å²) in [4.78, 5) is 13.0. The number of ether oxygens (including phenoxy) is 5. The van der Waals surface area contributed by atoms with Gasteiger partial charge in [-0.05, 0) is 54.5 Å². The molecule has 4 rings (SSSR count). The van der Waals surface area contributed by atoms with Crippen molar-refractivity contribution in [2.75, 3.05) is 21.3 Å². The third-order valence-electron chi connectivity index (χ3n) is 5.37. The number of ketones is 1. The van der Waals surface area contributed by atoms with E-state index in [0.717, 1.165) is 0 Å². The molecule has 1 aliphatic rings. The van der Waals surface area contributed by atoms with Gasteiger partial charge in [-0.15, -0.1) is 0 Å². The second-order valence-corrected chi connectivity index (χ2v) is 7.91. The Labute approximate surface area is 201 Å². The molecule has 0 saturated carbocycles. The largest absolute Gasteiger partial charge is 0.493 e. The molecular formula is C26H22ClFO6. The van der Waals surface area contributed by atoms with E-state index in [4.69, 9.17) is 35.3 Å². The summed E-state index contributed by atoms with van der Waals surface area (Å²) in [6, 6.07) is 11.2. The fraction of sp³-hybridized carbons (Fsp3) is 0.192. The van der Waals surface area contributed by atoms with Crippen molar-refractivity contribution in [1.82, 2.24) is 0 Å². The van der Waals surface area contributed by atoms with Gasteiger partial charge in [0.25, 0.3) is 0 Å². The number of rotatable bonds is 7. The monoisotopic (exact) mass is 484 g/mol. The zero-order valence-electron chi connectivity index (χ0n) is 19.0. The van der Waals surface area contributed by atoms with Gasteiger partial charge in [0.2, 0.25) is 11.5 Å². The molecule has 34 heavy (non-hydrogen) atoms. The summed E-state index contributed by atoms with van der Waals surface area (Å²) in [5.74, 6) is 1.57. The van der Waals surface area contributed by atoms with Crippen molar-refractivity contribution in [3.63, 3.8) is 0 Å². The lowest BCUT2D eigenvalue weighted by Crippen LogP contribution is -2.01. The van der Waals surface area contributed by atoms with Crippen LogP contribution in [0.25, 0.3) is 6.08 Å². The Morgan fingerprint density at radius 3 is 2.35 bits per heavy atom. The second kappa shape index (κ2) is 9.65. The lowest BCUT2D eigenvalue weighted by atomic mass is 10.0. The molecule has 0 amide bonds. The van der Waals surface area contributed by atoms with E-state index in [2.05, 4.69) is 0 Å². The fourth-order valence-corrected chi connectivity index (χ4v) is 3.94. The molecule has 8 heteroatoms. The van der Waals surface area contributed by atoms with Gasteiger partial charge in [-0.25, -0.2) is 4.39 Å². The van der Waals surface area contributed by atoms with Crippen LogP contribution < -0.4 is 23.7 Å². The molecule has 1 heterocycles. The Hall–Kier alpha value is -3.71. The molecule has 6 nitrogen and oxygen atoms in total. The van der Waals surface area contributed by atoms with Crippen molar-refractivity contribution >= 4 is 23.5 Å². The molecule has 0 fully saturated rings. The highest BCUT2D eigenvalue weighted by molar-refractivity contribution is 6.31. The zero-order chi connectivity index (χ0) is 24.4. The van der Waals surface area contributed by atoms with Gasteiger partial charge < -0.3 is 23.7 Å². The number of carbonyl (C=O) groups is 1. The van der Waals surface area contributed by atoms with Crippen LogP contribution in [0.5, 0.6) is 28.7 Å². The van der Waals surface area contributed by atoms with Crippen LogP contribution in [0, 0.1) is 12.7 Å². The Morgan fingerprint density at radius 1 is 1.03 bits per heavy atom. The lowest BCUT2D eigenvalue weighted by molar-refractivity contribution is 0.101. The van der Waals surface area contributed by atoms with E-state index < -0.39 is 5.82 Å². The van der Waals surface area contributed by atoms with Crippen LogP contribution in [0.3, 0.4) is 0 Å². The first-order valence-corrected chi connectivity index (χ1v) is 10.7. The summed E-state index contributed by atoms with van der Waals surface area (Å²) in [5.41, 5.74) is 2.00. The third-order valence-corrected chi connectivity index (χ3v) is 5.73. The maximum atomic E-state index is 14.1. The fourth-order valence-electron chi connectivity index (χ4n) is 3.72. The summed E-state index contributed by atoms with van der Waals surface area (Å²) in [6.07, 6.45) is 1.60. The topological polar surface area (TPSA) is 63.2 Å². The van der Waals surface area contributed by atoms with E-state index in [1.54, 1.807) is 43.3 Å². The van der Waals surface area contributed by atoms with Gasteiger partial charge in [-0.3, -0.25) is 4.79 Å². The van der Waals surface area contributed by atoms with Crippen molar-refractivity contribution in [3.05, 3.63) is 81.3 Å². The average Bonchev–Trinajstić information content (AvgIpc) is 3.13. The molecule has 0 unspecified atom stereocenters. The van der Waals surface area contributed by atoms with Crippen molar-refractivity contribution in [1.29, 1.82) is 0 Å². The SMILES string of the molecule is COc1cc(/C=C2\Oc3cc(OCc4c(F)cccc4Cl)cc(C)c3C2=O)cc(OC)c1OC. The van der Waals surface area contributed by atoms with Crippen LogP contribution in [0.15, 0.2) is 48.2 Å². The standard InChI is InChI=1S/C26H22ClFO6/c1-14-8-16(33-13-17-18(27)6-5-7-19(17)28)12-20-24(14)25(29)21(34-20)9-15-10-22(30-2)26(32-4)23(11-15)31-3/h5-12H,13H2,1-4H3/b21-9-. The molecule has 0 N–H and O–H groups in total. The number of methoxy groups -OCH3 is 3. The average molecular weight is 485 g/mol. The van der Waals surface area contributed by atoms with Crippen molar-refractivity contribution < 1.29 is 32.9 Å².